The standard InChI is InChI=1S/C6H4F2N2O2/c7-5(8)3-4(6(11)12)10-2-1-9-3/h1-2,5H,(H,11,12). The number of aromatic nitrogens is 2. The number of carboxylic acids is 1. The summed E-state index contributed by atoms with van der Waals surface area (Å²) >= 11 is 0. The fourth-order valence-corrected chi connectivity index (χ4v) is 0.673. The van der Waals surface area contributed by atoms with Gasteiger partial charge >= 0.3 is 5.97 Å². The van der Waals surface area contributed by atoms with E-state index in [0.717, 1.165) is 12.4 Å². The first-order chi connectivity index (χ1) is 5.63. The molecule has 0 radical (unpaired) electrons. The first kappa shape index (κ1) is 8.51. The van der Waals surface area contributed by atoms with Crippen LogP contribution in [0.1, 0.15) is 22.6 Å². The van der Waals surface area contributed by atoms with Gasteiger partial charge in [0.15, 0.2) is 5.69 Å². The van der Waals surface area contributed by atoms with Gasteiger partial charge in [0, 0.05) is 12.4 Å². The Morgan fingerprint density at radius 1 is 1.42 bits per heavy atom. The Balaban J connectivity index is 3.17. The molecule has 1 aromatic rings. The molecule has 12 heavy (non-hydrogen) atoms. The van der Waals surface area contributed by atoms with Crippen LogP contribution in [0.15, 0.2) is 12.4 Å². The van der Waals surface area contributed by atoms with E-state index in [0.29, 0.717) is 0 Å². The maximum absolute atomic E-state index is 12.0. The monoisotopic (exact) mass is 174 g/mol. The molecule has 0 aliphatic carbocycles. The lowest BCUT2D eigenvalue weighted by Gasteiger charge is -2.00. The van der Waals surface area contributed by atoms with Crippen molar-refractivity contribution in [2.75, 3.05) is 0 Å². The second-order valence-corrected chi connectivity index (χ2v) is 1.90. The van der Waals surface area contributed by atoms with Crippen LogP contribution in [0, 0.1) is 0 Å². The van der Waals surface area contributed by atoms with Gasteiger partial charge in [0.25, 0.3) is 6.43 Å². The molecule has 0 aliphatic heterocycles. The SMILES string of the molecule is O=C(O)c1nccnc1C(F)F. The number of hydrogen-bond donors (Lipinski definition) is 1. The van der Waals surface area contributed by atoms with E-state index < -0.39 is 23.8 Å². The summed E-state index contributed by atoms with van der Waals surface area (Å²) in [5, 5.41) is 8.38. The molecule has 0 bridgehead atoms. The molecule has 0 saturated heterocycles. The number of carbonyl (C=O) groups is 1. The van der Waals surface area contributed by atoms with Gasteiger partial charge in [-0.3, -0.25) is 4.98 Å². The minimum absolute atomic E-state index is 0.701. The summed E-state index contributed by atoms with van der Waals surface area (Å²) in [6.45, 7) is 0. The van der Waals surface area contributed by atoms with Crippen LogP contribution in [-0.4, -0.2) is 21.0 Å². The first-order valence-corrected chi connectivity index (χ1v) is 2.95. The molecule has 0 aliphatic rings. The molecule has 0 spiro atoms. The maximum Gasteiger partial charge on any atom is 0.356 e. The average Bonchev–Trinajstić information content (AvgIpc) is 2.04. The van der Waals surface area contributed by atoms with Crippen molar-refractivity contribution >= 4 is 5.97 Å². The number of carboxylic acid groups (broad SMARTS) is 1. The van der Waals surface area contributed by atoms with Gasteiger partial charge < -0.3 is 5.11 Å². The van der Waals surface area contributed by atoms with Gasteiger partial charge in [0.05, 0.1) is 0 Å². The molecular weight excluding hydrogens is 170 g/mol. The molecule has 1 aromatic heterocycles. The Labute approximate surface area is 65.9 Å². The minimum Gasteiger partial charge on any atom is -0.476 e. The highest BCUT2D eigenvalue weighted by molar-refractivity contribution is 5.86. The van der Waals surface area contributed by atoms with Gasteiger partial charge in [0.2, 0.25) is 0 Å². The summed E-state index contributed by atoms with van der Waals surface area (Å²) in [4.78, 5) is 16.8. The van der Waals surface area contributed by atoms with Gasteiger partial charge in [-0.2, -0.15) is 0 Å². The number of nitrogens with zero attached hydrogens (tertiary/aromatic N) is 2. The van der Waals surface area contributed by atoms with Crippen LogP contribution in [0.5, 0.6) is 0 Å². The summed E-state index contributed by atoms with van der Waals surface area (Å²) in [5.41, 5.74) is -1.50. The molecule has 4 nitrogen and oxygen atoms in total. The van der Waals surface area contributed by atoms with E-state index >= 15 is 0 Å². The zero-order valence-electron chi connectivity index (χ0n) is 5.74. The van der Waals surface area contributed by atoms with Crippen molar-refractivity contribution in [3.63, 3.8) is 0 Å². The normalized spacial score (nSPS) is 10.2. The highest BCUT2D eigenvalue weighted by Gasteiger charge is 2.19. The lowest BCUT2D eigenvalue weighted by Crippen LogP contribution is -2.07. The zero-order chi connectivity index (χ0) is 9.14. The van der Waals surface area contributed by atoms with Crippen LogP contribution in [0.4, 0.5) is 8.78 Å². The van der Waals surface area contributed by atoms with E-state index in [-0.39, 0.29) is 0 Å². The third-order valence-corrected chi connectivity index (χ3v) is 1.14. The second kappa shape index (κ2) is 3.21. The van der Waals surface area contributed by atoms with Crippen LogP contribution in [-0.2, 0) is 0 Å². The third-order valence-electron chi connectivity index (χ3n) is 1.14. The topological polar surface area (TPSA) is 63.1 Å². The zero-order valence-corrected chi connectivity index (χ0v) is 5.74. The number of halogens is 2. The molecule has 0 saturated carbocycles. The van der Waals surface area contributed by atoms with E-state index in [1.54, 1.807) is 0 Å². The van der Waals surface area contributed by atoms with E-state index in [2.05, 4.69) is 9.97 Å². The fourth-order valence-electron chi connectivity index (χ4n) is 0.673. The van der Waals surface area contributed by atoms with E-state index in [1.165, 1.54) is 0 Å². The number of alkyl halides is 2. The Kier molecular flexibility index (Phi) is 2.27. The molecular formula is C6H4F2N2O2. The van der Waals surface area contributed by atoms with Crippen LogP contribution in [0.25, 0.3) is 0 Å². The van der Waals surface area contributed by atoms with Crippen molar-refractivity contribution in [3.05, 3.63) is 23.8 Å². The lowest BCUT2D eigenvalue weighted by molar-refractivity contribution is 0.0674. The van der Waals surface area contributed by atoms with Crippen molar-refractivity contribution in [1.29, 1.82) is 0 Å². The molecule has 1 heterocycles. The number of hydrogen-bond acceptors (Lipinski definition) is 3. The summed E-state index contributed by atoms with van der Waals surface area (Å²) < 4.78 is 24.0. The summed E-state index contributed by atoms with van der Waals surface area (Å²) in [5.74, 6) is -1.50. The Hall–Kier alpha value is -1.59. The number of aromatic carboxylic acids is 1. The van der Waals surface area contributed by atoms with Crippen LogP contribution in [0.3, 0.4) is 0 Å². The van der Waals surface area contributed by atoms with Crippen LogP contribution in [0.2, 0.25) is 0 Å². The van der Waals surface area contributed by atoms with Crippen molar-refractivity contribution < 1.29 is 18.7 Å². The third kappa shape index (κ3) is 1.52. The maximum atomic E-state index is 12.0. The predicted molar refractivity (Wildman–Crippen MR) is 33.9 cm³/mol. The molecule has 0 atom stereocenters. The Morgan fingerprint density at radius 2 is 2.00 bits per heavy atom. The molecule has 0 fully saturated rings. The minimum atomic E-state index is -2.91. The molecule has 0 aromatic carbocycles. The van der Waals surface area contributed by atoms with E-state index in [9.17, 15) is 13.6 Å². The second-order valence-electron chi connectivity index (χ2n) is 1.90. The van der Waals surface area contributed by atoms with Crippen molar-refractivity contribution in [2.24, 2.45) is 0 Å². The fraction of sp³-hybridized carbons (Fsp3) is 0.167. The molecule has 64 valence electrons. The summed E-state index contributed by atoms with van der Waals surface area (Å²) in [6, 6.07) is 0. The largest absolute Gasteiger partial charge is 0.476 e. The molecule has 0 unspecified atom stereocenters. The first-order valence-electron chi connectivity index (χ1n) is 2.95. The highest BCUT2D eigenvalue weighted by atomic mass is 19.3. The van der Waals surface area contributed by atoms with Gasteiger partial charge in [-0.1, -0.05) is 0 Å². The predicted octanol–water partition coefficient (Wildman–Crippen LogP) is 1.11. The van der Waals surface area contributed by atoms with Crippen molar-refractivity contribution in [1.82, 2.24) is 9.97 Å². The van der Waals surface area contributed by atoms with Gasteiger partial charge in [-0.15, -0.1) is 0 Å². The Bertz CT molecular complexity index is 303. The highest BCUT2D eigenvalue weighted by Crippen LogP contribution is 2.18. The molecule has 6 heteroatoms. The van der Waals surface area contributed by atoms with Crippen molar-refractivity contribution in [3.8, 4) is 0 Å². The number of rotatable bonds is 2. The van der Waals surface area contributed by atoms with Gasteiger partial charge in [-0.05, 0) is 0 Å². The molecule has 1 rings (SSSR count). The summed E-state index contributed by atoms with van der Waals surface area (Å²) in [6.07, 6.45) is -0.840. The van der Waals surface area contributed by atoms with E-state index in [4.69, 9.17) is 5.11 Å². The molecule has 0 amide bonds. The van der Waals surface area contributed by atoms with Crippen LogP contribution >= 0.6 is 0 Å². The van der Waals surface area contributed by atoms with E-state index in [1.807, 2.05) is 0 Å². The smallest absolute Gasteiger partial charge is 0.356 e. The Morgan fingerprint density at radius 3 is 2.42 bits per heavy atom. The quantitative estimate of drug-likeness (QED) is 0.729. The molecule has 1 N–H and O–H groups in total. The van der Waals surface area contributed by atoms with Crippen molar-refractivity contribution in [2.45, 2.75) is 6.43 Å². The van der Waals surface area contributed by atoms with Crippen LogP contribution < -0.4 is 0 Å². The van der Waals surface area contributed by atoms with Gasteiger partial charge in [-0.25, -0.2) is 18.6 Å². The lowest BCUT2D eigenvalue weighted by atomic mass is 10.3. The van der Waals surface area contributed by atoms with Gasteiger partial charge in [0.1, 0.15) is 5.69 Å². The average molecular weight is 174 g/mol. The summed E-state index contributed by atoms with van der Waals surface area (Å²) in [7, 11) is 0.